The third-order valence-corrected chi connectivity index (χ3v) is 4.50. The van der Waals surface area contributed by atoms with Crippen LogP contribution in [0.25, 0.3) is 0 Å². The topological polar surface area (TPSA) is 49.3 Å². The first-order chi connectivity index (χ1) is 10.9. The average Bonchev–Trinajstić information content (AvgIpc) is 2.55. The van der Waals surface area contributed by atoms with E-state index in [9.17, 15) is 18.0 Å². The van der Waals surface area contributed by atoms with E-state index in [1.54, 1.807) is 6.07 Å². The first-order valence-corrected chi connectivity index (χ1v) is 7.97. The summed E-state index contributed by atoms with van der Waals surface area (Å²) >= 11 is 0. The Morgan fingerprint density at radius 2 is 1.91 bits per heavy atom. The highest BCUT2D eigenvalue weighted by atomic mass is 19.4. The third kappa shape index (κ3) is 4.05. The van der Waals surface area contributed by atoms with E-state index < -0.39 is 17.2 Å². The van der Waals surface area contributed by atoms with Gasteiger partial charge in [-0.25, -0.2) is 0 Å². The highest BCUT2D eigenvalue weighted by Crippen LogP contribution is 2.41. The molecule has 1 saturated carbocycles. The number of aliphatic hydroxyl groups excluding tert-OH is 1. The van der Waals surface area contributed by atoms with Crippen LogP contribution in [0.1, 0.15) is 49.7 Å². The highest BCUT2D eigenvalue weighted by molar-refractivity contribution is 5.88. The molecule has 23 heavy (non-hydrogen) atoms. The van der Waals surface area contributed by atoms with Gasteiger partial charge in [-0.2, -0.15) is 13.2 Å². The minimum Gasteiger partial charge on any atom is -0.396 e. The fourth-order valence-corrected chi connectivity index (χ4v) is 3.25. The van der Waals surface area contributed by atoms with Crippen molar-refractivity contribution in [2.75, 3.05) is 13.2 Å². The molecule has 0 atom stereocenters. The lowest BCUT2D eigenvalue weighted by molar-refractivity contribution is -0.138. The van der Waals surface area contributed by atoms with Gasteiger partial charge in [-0.05, 0) is 30.9 Å². The number of amides is 1. The normalized spacial score (nSPS) is 17.7. The van der Waals surface area contributed by atoms with Gasteiger partial charge < -0.3 is 10.4 Å². The number of alkyl halides is 3. The van der Waals surface area contributed by atoms with E-state index in [2.05, 4.69) is 5.32 Å². The highest BCUT2D eigenvalue weighted by Gasteiger charge is 2.42. The van der Waals surface area contributed by atoms with Crippen LogP contribution in [0.3, 0.4) is 0 Å². The monoisotopic (exact) mass is 329 g/mol. The van der Waals surface area contributed by atoms with Gasteiger partial charge >= 0.3 is 6.18 Å². The van der Waals surface area contributed by atoms with Crippen molar-refractivity contribution in [3.05, 3.63) is 35.4 Å². The van der Waals surface area contributed by atoms with Gasteiger partial charge in [0, 0.05) is 13.2 Å². The van der Waals surface area contributed by atoms with E-state index in [0.717, 1.165) is 31.4 Å². The molecule has 1 aromatic carbocycles. The molecule has 0 saturated heterocycles. The van der Waals surface area contributed by atoms with Crippen LogP contribution in [0.5, 0.6) is 0 Å². The van der Waals surface area contributed by atoms with Gasteiger partial charge in [0.1, 0.15) is 0 Å². The molecule has 2 rings (SSSR count). The summed E-state index contributed by atoms with van der Waals surface area (Å²) in [5, 5.41) is 11.6. The maximum atomic E-state index is 13.0. The second-order valence-corrected chi connectivity index (χ2v) is 6.05. The van der Waals surface area contributed by atoms with Gasteiger partial charge in [-0.15, -0.1) is 0 Å². The maximum absolute atomic E-state index is 13.0. The predicted octanol–water partition coefficient (Wildman–Crippen LogP) is 3.41. The number of carbonyl (C=O) groups excluding carboxylic acids is 1. The van der Waals surface area contributed by atoms with E-state index in [-0.39, 0.29) is 12.5 Å². The maximum Gasteiger partial charge on any atom is 0.416 e. The molecule has 1 aliphatic carbocycles. The molecule has 0 spiro atoms. The van der Waals surface area contributed by atoms with Gasteiger partial charge in [0.25, 0.3) is 0 Å². The first kappa shape index (κ1) is 17.8. The van der Waals surface area contributed by atoms with Crippen molar-refractivity contribution in [1.82, 2.24) is 5.32 Å². The van der Waals surface area contributed by atoms with Gasteiger partial charge in [0.2, 0.25) is 5.91 Å². The van der Waals surface area contributed by atoms with Crippen LogP contribution in [0, 0.1) is 0 Å². The van der Waals surface area contributed by atoms with Crippen LogP contribution >= 0.6 is 0 Å². The van der Waals surface area contributed by atoms with Gasteiger partial charge in [0.15, 0.2) is 0 Å². The quantitative estimate of drug-likeness (QED) is 0.814. The zero-order valence-corrected chi connectivity index (χ0v) is 13.0. The largest absolute Gasteiger partial charge is 0.416 e. The number of nitrogens with one attached hydrogen (secondary N) is 1. The lowest BCUT2D eigenvalue weighted by Crippen LogP contribution is -2.46. The van der Waals surface area contributed by atoms with Crippen molar-refractivity contribution in [2.24, 2.45) is 0 Å². The Labute approximate surface area is 133 Å². The molecule has 1 aliphatic rings. The Morgan fingerprint density at radius 1 is 1.22 bits per heavy atom. The number of aliphatic hydroxyl groups is 1. The van der Waals surface area contributed by atoms with E-state index in [1.165, 1.54) is 6.07 Å². The minimum absolute atomic E-state index is 0.0309. The fraction of sp³-hybridized carbons (Fsp3) is 0.588. The van der Waals surface area contributed by atoms with E-state index in [4.69, 9.17) is 5.11 Å². The SMILES string of the molecule is O=C(NCCCO)C1(c2cccc(C(F)(F)F)c2)CCCCC1. The Kier molecular flexibility index (Phi) is 5.68. The number of rotatable bonds is 5. The molecule has 1 fully saturated rings. The van der Waals surface area contributed by atoms with Crippen LogP contribution < -0.4 is 5.32 Å². The van der Waals surface area contributed by atoms with Crippen molar-refractivity contribution in [1.29, 1.82) is 0 Å². The zero-order valence-electron chi connectivity index (χ0n) is 13.0. The summed E-state index contributed by atoms with van der Waals surface area (Å²) in [5.41, 5.74) is -1.17. The number of hydrogen-bond acceptors (Lipinski definition) is 2. The number of halogens is 3. The standard InChI is InChI=1S/C17H22F3NO2/c18-17(19,20)14-7-4-6-13(12-14)16(8-2-1-3-9-16)15(23)21-10-5-11-22/h4,6-7,12,22H,1-3,5,8-11H2,(H,21,23). The summed E-state index contributed by atoms with van der Waals surface area (Å²) in [5.74, 6) is -0.232. The second kappa shape index (κ2) is 7.34. The molecular formula is C17H22F3NO2. The van der Waals surface area contributed by atoms with Crippen molar-refractivity contribution in [2.45, 2.75) is 50.1 Å². The molecule has 6 heteroatoms. The molecule has 1 amide bonds. The summed E-state index contributed by atoms with van der Waals surface area (Å²) in [6.45, 7) is 0.298. The Morgan fingerprint density at radius 3 is 2.52 bits per heavy atom. The van der Waals surface area contributed by atoms with Crippen LogP contribution in [-0.4, -0.2) is 24.2 Å². The molecule has 0 bridgehead atoms. The first-order valence-electron chi connectivity index (χ1n) is 7.97. The van der Waals surface area contributed by atoms with Gasteiger partial charge in [0.05, 0.1) is 11.0 Å². The Balaban J connectivity index is 2.33. The molecule has 0 aliphatic heterocycles. The molecule has 0 radical (unpaired) electrons. The van der Waals surface area contributed by atoms with Crippen LogP contribution in [0.2, 0.25) is 0 Å². The fourth-order valence-electron chi connectivity index (χ4n) is 3.25. The lowest BCUT2D eigenvalue weighted by atomic mass is 9.68. The molecule has 128 valence electrons. The smallest absolute Gasteiger partial charge is 0.396 e. The molecule has 0 heterocycles. The van der Waals surface area contributed by atoms with Crippen LogP contribution in [-0.2, 0) is 16.4 Å². The van der Waals surface area contributed by atoms with Gasteiger partial charge in [-0.1, -0.05) is 37.5 Å². The molecule has 2 N–H and O–H groups in total. The van der Waals surface area contributed by atoms with E-state index in [1.807, 2.05) is 0 Å². The average molecular weight is 329 g/mol. The van der Waals surface area contributed by atoms with Gasteiger partial charge in [-0.3, -0.25) is 4.79 Å². The third-order valence-electron chi connectivity index (χ3n) is 4.50. The molecular weight excluding hydrogens is 307 g/mol. The van der Waals surface area contributed by atoms with E-state index >= 15 is 0 Å². The summed E-state index contributed by atoms with van der Waals surface area (Å²) in [6.07, 6.45) is -0.236. The minimum atomic E-state index is -4.42. The van der Waals surface area contributed by atoms with Crippen molar-refractivity contribution in [3.8, 4) is 0 Å². The molecule has 3 nitrogen and oxygen atoms in total. The predicted molar refractivity (Wildman–Crippen MR) is 80.9 cm³/mol. The molecule has 0 unspecified atom stereocenters. The van der Waals surface area contributed by atoms with Crippen molar-refractivity contribution >= 4 is 5.91 Å². The van der Waals surface area contributed by atoms with Crippen molar-refractivity contribution < 1.29 is 23.1 Å². The summed E-state index contributed by atoms with van der Waals surface area (Å²) in [7, 11) is 0. The molecule has 1 aromatic rings. The van der Waals surface area contributed by atoms with E-state index in [0.29, 0.717) is 31.4 Å². The summed E-state index contributed by atoms with van der Waals surface area (Å²) in [6, 6.07) is 5.13. The van der Waals surface area contributed by atoms with Crippen LogP contribution in [0.15, 0.2) is 24.3 Å². The zero-order chi connectivity index (χ0) is 16.9. The number of carbonyl (C=O) groups is 1. The Hall–Kier alpha value is -1.56. The summed E-state index contributed by atoms with van der Waals surface area (Å²) < 4.78 is 38.9. The summed E-state index contributed by atoms with van der Waals surface area (Å²) in [4.78, 5) is 12.7. The molecule has 0 aromatic heterocycles. The number of hydrogen-bond donors (Lipinski definition) is 2. The second-order valence-electron chi connectivity index (χ2n) is 6.05. The lowest BCUT2D eigenvalue weighted by Gasteiger charge is -2.36. The number of benzene rings is 1. The Bertz CT molecular complexity index is 537. The van der Waals surface area contributed by atoms with Crippen LogP contribution in [0.4, 0.5) is 13.2 Å². The van der Waals surface area contributed by atoms with Crippen molar-refractivity contribution in [3.63, 3.8) is 0 Å².